The maximum absolute atomic E-state index is 11.5. The molecule has 102 valence electrons. The van der Waals surface area contributed by atoms with E-state index in [2.05, 4.69) is 17.4 Å². The van der Waals surface area contributed by atoms with Crippen LogP contribution in [0.2, 0.25) is 0 Å². The van der Waals surface area contributed by atoms with Crippen LogP contribution in [0.5, 0.6) is 0 Å². The van der Waals surface area contributed by atoms with Gasteiger partial charge in [-0.25, -0.2) is 4.79 Å². The van der Waals surface area contributed by atoms with Crippen molar-refractivity contribution < 1.29 is 24.3 Å². The summed E-state index contributed by atoms with van der Waals surface area (Å²) in [4.78, 5) is 26.9. The molecule has 7 nitrogen and oxygen atoms in total. The lowest BCUT2D eigenvalue weighted by atomic mass is 10.2. The summed E-state index contributed by atoms with van der Waals surface area (Å²) < 4.78 is 5.27. The van der Waals surface area contributed by atoms with Gasteiger partial charge < -0.3 is 20.0 Å². The van der Waals surface area contributed by atoms with Crippen LogP contribution in [0.25, 0.3) is 0 Å². The van der Waals surface area contributed by atoms with Gasteiger partial charge in [-0.2, -0.15) is 0 Å². The van der Waals surface area contributed by atoms with E-state index in [4.69, 9.17) is 14.7 Å². The number of unbranched alkanes of at least 4 members (excludes halogenated alkanes) is 1. The van der Waals surface area contributed by atoms with Crippen LogP contribution in [0.4, 0.5) is 0 Å². The summed E-state index contributed by atoms with van der Waals surface area (Å²) in [7, 11) is 0. The predicted octanol–water partition coefficient (Wildman–Crippen LogP) is 0.149. The molecule has 1 rings (SSSR count). The van der Waals surface area contributed by atoms with Gasteiger partial charge in [-0.1, -0.05) is 18.5 Å². The van der Waals surface area contributed by atoms with Crippen molar-refractivity contribution in [1.82, 2.24) is 5.32 Å². The Labute approximate surface area is 105 Å². The summed E-state index contributed by atoms with van der Waals surface area (Å²) in [6, 6.07) is 0. The fourth-order valence-corrected chi connectivity index (χ4v) is 1.35. The summed E-state index contributed by atoms with van der Waals surface area (Å²) in [5.41, 5.74) is -0.130. The van der Waals surface area contributed by atoms with E-state index in [0.717, 1.165) is 12.8 Å². The quantitative estimate of drug-likeness (QED) is 0.604. The molecule has 0 aromatic rings. The highest BCUT2D eigenvalue weighted by Gasteiger charge is 2.31. The van der Waals surface area contributed by atoms with Crippen molar-refractivity contribution >= 4 is 17.6 Å². The lowest BCUT2D eigenvalue weighted by Gasteiger charge is -2.09. The zero-order chi connectivity index (χ0) is 13.4. The second kappa shape index (κ2) is 7.65. The molecule has 1 aliphatic rings. The lowest BCUT2D eigenvalue weighted by Crippen LogP contribution is -2.37. The van der Waals surface area contributed by atoms with Crippen LogP contribution >= 0.6 is 0 Å². The normalized spacial score (nSPS) is 18.1. The SMILES string of the molecule is CCCCOCCNC(=O)C1CC(C(=O)O)=NO1. The van der Waals surface area contributed by atoms with Gasteiger partial charge >= 0.3 is 5.97 Å². The zero-order valence-corrected chi connectivity index (χ0v) is 10.3. The number of carboxylic acids is 1. The van der Waals surface area contributed by atoms with Gasteiger partial charge in [0.05, 0.1) is 6.61 Å². The van der Waals surface area contributed by atoms with Crippen LogP contribution in [0, 0.1) is 0 Å². The number of amides is 1. The van der Waals surface area contributed by atoms with Crippen molar-refractivity contribution in [2.24, 2.45) is 5.16 Å². The van der Waals surface area contributed by atoms with Gasteiger partial charge in [0.25, 0.3) is 5.91 Å². The molecule has 1 atom stereocenters. The molecule has 1 aliphatic heterocycles. The van der Waals surface area contributed by atoms with Crippen molar-refractivity contribution in [3.05, 3.63) is 0 Å². The molecule has 0 aromatic heterocycles. The Hall–Kier alpha value is -1.63. The van der Waals surface area contributed by atoms with Gasteiger partial charge in [-0.05, 0) is 6.42 Å². The minimum Gasteiger partial charge on any atom is -0.477 e. The Kier molecular flexibility index (Phi) is 6.13. The molecule has 1 amide bonds. The molecule has 0 saturated carbocycles. The van der Waals surface area contributed by atoms with Crippen LogP contribution in [0.15, 0.2) is 5.16 Å². The molecular weight excluding hydrogens is 240 g/mol. The standard InChI is InChI=1S/C11H18N2O5/c1-2-3-5-17-6-4-12-10(14)9-7-8(11(15)16)13-18-9/h9H,2-7H2,1H3,(H,12,14)(H,15,16). The van der Waals surface area contributed by atoms with Crippen molar-refractivity contribution in [2.75, 3.05) is 19.8 Å². The third-order valence-electron chi connectivity index (χ3n) is 2.40. The molecule has 18 heavy (non-hydrogen) atoms. The van der Waals surface area contributed by atoms with E-state index in [9.17, 15) is 9.59 Å². The third kappa shape index (κ3) is 4.70. The highest BCUT2D eigenvalue weighted by molar-refractivity contribution is 6.36. The summed E-state index contributed by atoms with van der Waals surface area (Å²) in [5, 5.41) is 14.6. The van der Waals surface area contributed by atoms with Crippen LogP contribution < -0.4 is 5.32 Å². The van der Waals surface area contributed by atoms with Crippen molar-refractivity contribution in [2.45, 2.75) is 32.3 Å². The molecule has 7 heteroatoms. The van der Waals surface area contributed by atoms with E-state index in [1.54, 1.807) is 0 Å². The van der Waals surface area contributed by atoms with Crippen molar-refractivity contribution in [1.29, 1.82) is 0 Å². The largest absolute Gasteiger partial charge is 0.477 e. The van der Waals surface area contributed by atoms with Gasteiger partial charge in [0.2, 0.25) is 6.10 Å². The molecule has 1 heterocycles. The third-order valence-corrected chi connectivity index (χ3v) is 2.40. The fraction of sp³-hybridized carbons (Fsp3) is 0.727. The van der Waals surface area contributed by atoms with Gasteiger partial charge in [0, 0.05) is 19.6 Å². The van der Waals surface area contributed by atoms with Crippen LogP contribution in [0.3, 0.4) is 0 Å². The average molecular weight is 258 g/mol. The van der Waals surface area contributed by atoms with Gasteiger partial charge in [0.15, 0.2) is 5.71 Å². The molecule has 1 unspecified atom stereocenters. The minimum atomic E-state index is -1.16. The molecule has 0 fully saturated rings. The lowest BCUT2D eigenvalue weighted by molar-refractivity contribution is -0.131. The van der Waals surface area contributed by atoms with Gasteiger partial charge in [0.1, 0.15) is 0 Å². The maximum atomic E-state index is 11.5. The summed E-state index contributed by atoms with van der Waals surface area (Å²) in [5.74, 6) is -1.53. The molecular formula is C11H18N2O5. The Morgan fingerprint density at radius 2 is 2.33 bits per heavy atom. The number of nitrogens with one attached hydrogen (secondary N) is 1. The summed E-state index contributed by atoms with van der Waals surface area (Å²) >= 11 is 0. The topological polar surface area (TPSA) is 97.2 Å². The number of carboxylic acid groups (broad SMARTS) is 1. The number of nitrogens with zero attached hydrogens (tertiary/aromatic N) is 1. The molecule has 2 N–H and O–H groups in total. The number of carbonyl (C=O) groups excluding carboxylic acids is 1. The van der Waals surface area contributed by atoms with E-state index >= 15 is 0 Å². The number of carbonyl (C=O) groups is 2. The van der Waals surface area contributed by atoms with E-state index in [0.29, 0.717) is 19.8 Å². The molecule has 0 aromatic carbocycles. The number of aliphatic carboxylic acids is 1. The highest BCUT2D eigenvalue weighted by Crippen LogP contribution is 2.10. The zero-order valence-electron chi connectivity index (χ0n) is 10.3. The molecule has 0 aliphatic carbocycles. The van der Waals surface area contributed by atoms with Crippen LogP contribution in [-0.2, 0) is 19.2 Å². The number of ether oxygens (including phenoxy) is 1. The first-order valence-corrected chi connectivity index (χ1v) is 5.96. The number of rotatable bonds is 8. The van der Waals surface area contributed by atoms with E-state index in [1.807, 2.05) is 0 Å². The molecule has 0 bridgehead atoms. The Morgan fingerprint density at radius 1 is 1.56 bits per heavy atom. The van der Waals surface area contributed by atoms with Crippen LogP contribution in [-0.4, -0.2) is 48.6 Å². The molecule has 0 saturated heterocycles. The van der Waals surface area contributed by atoms with E-state index < -0.39 is 12.1 Å². The van der Waals surface area contributed by atoms with Crippen molar-refractivity contribution in [3.8, 4) is 0 Å². The van der Waals surface area contributed by atoms with Gasteiger partial charge in [-0.3, -0.25) is 4.79 Å². The minimum absolute atomic E-state index is 0.00212. The summed E-state index contributed by atoms with van der Waals surface area (Å²) in [6.07, 6.45) is 1.22. The maximum Gasteiger partial charge on any atom is 0.353 e. The highest BCUT2D eigenvalue weighted by atomic mass is 16.6. The van der Waals surface area contributed by atoms with E-state index in [-0.39, 0.29) is 18.0 Å². The predicted molar refractivity (Wildman–Crippen MR) is 63.3 cm³/mol. The average Bonchev–Trinajstić information content (AvgIpc) is 2.83. The Balaban J connectivity index is 2.10. The molecule has 0 spiro atoms. The smallest absolute Gasteiger partial charge is 0.353 e. The summed E-state index contributed by atoms with van der Waals surface area (Å²) in [6.45, 7) is 3.57. The first kappa shape index (κ1) is 14.4. The Morgan fingerprint density at radius 3 is 2.94 bits per heavy atom. The van der Waals surface area contributed by atoms with E-state index in [1.165, 1.54) is 0 Å². The number of hydrogen-bond acceptors (Lipinski definition) is 5. The van der Waals surface area contributed by atoms with Crippen LogP contribution in [0.1, 0.15) is 26.2 Å². The second-order valence-electron chi connectivity index (χ2n) is 3.90. The van der Waals surface area contributed by atoms with Gasteiger partial charge in [-0.15, -0.1) is 0 Å². The monoisotopic (exact) mass is 258 g/mol. The number of hydrogen-bond donors (Lipinski definition) is 2. The fourth-order valence-electron chi connectivity index (χ4n) is 1.35. The Bertz CT molecular complexity index is 329. The molecule has 0 radical (unpaired) electrons. The first-order chi connectivity index (χ1) is 8.65. The second-order valence-corrected chi connectivity index (χ2v) is 3.90. The first-order valence-electron chi connectivity index (χ1n) is 5.96. The number of oxime groups is 1. The van der Waals surface area contributed by atoms with Crippen molar-refractivity contribution in [3.63, 3.8) is 0 Å².